The fourth-order valence-corrected chi connectivity index (χ4v) is 2.87. The van der Waals surface area contributed by atoms with Crippen LogP contribution in [0.5, 0.6) is 0 Å². The predicted octanol–water partition coefficient (Wildman–Crippen LogP) is 0.246. The van der Waals surface area contributed by atoms with Gasteiger partial charge in [0.25, 0.3) is 11.8 Å². The second kappa shape index (κ2) is 7.03. The molecule has 5 N–H and O–H groups in total. The molecule has 2 amide bonds. The fraction of sp³-hybridized carbons (Fsp3) is 0.200. The number of anilines is 1. The topological polar surface area (TPSA) is 146 Å². The summed E-state index contributed by atoms with van der Waals surface area (Å²) in [7, 11) is 1.59. The van der Waals surface area contributed by atoms with Crippen LogP contribution in [0.2, 0.25) is 0 Å². The summed E-state index contributed by atoms with van der Waals surface area (Å²) in [5.41, 5.74) is 10.9. The van der Waals surface area contributed by atoms with Crippen LogP contribution in [0.1, 0.15) is 28.0 Å². The molecule has 1 fully saturated rings. The smallest absolute Gasteiger partial charge is 0.269 e. The molecule has 1 aromatic heterocycles. The lowest BCUT2D eigenvalue weighted by Gasteiger charge is -2.13. The number of benzene rings is 1. The number of nitrogens with two attached hydrogens (primary N) is 2. The van der Waals surface area contributed by atoms with Crippen LogP contribution >= 0.6 is 0 Å². The normalized spacial score (nSPS) is 18.3. The van der Waals surface area contributed by atoms with Gasteiger partial charge in [-0.2, -0.15) is 5.26 Å². The quantitative estimate of drug-likeness (QED) is 0.641. The number of carbonyl (C=O) groups is 2. The van der Waals surface area contributed by atoms with Crippen molar-refractivity contribution < 1.29 is 14.7 Å². The van der Waals surface area contributed by atoms with E-state index < -0.39 is 17.4 Å². The lowest BCUT2D eigenvalue weighted by molar-refractivity contribution is -0.137. The van der Waals surface area contributed by atoms with Gasteiger partial charge in [0.05, 0.1) is 16.9 Å². The molecule has 1 aliphatic heterocycles. The lowest BCUT2D eigenvalue weighted by Crippen LogP contribution is -2.37. The Balaban J connectivity index is 2.05. The summed E-state index contributed by atoms with van der Waals surface area (Å²) < 4.78 is 0. The average Bonchev–Trinajstić information content (AvgIpc) is 2.94. The molecule has 2 aromatic rings. The Morgan fingerprint density at radius 3 is 2.68 bits per heavy atom. The van der Waals surface area contributed by atoms with Crippen molar-refractivity contribution >= 4 is 17.5 Å². The van der Waals surface area contributed by atoms with Gasteiger partial charge in [-0.1, -0.05) is 17.9 Å². The van der Waals surface area contributed by atoms with Crippen molar-refractivity contribution in [2.45, 2.75) is 12.0 Å². The minimum atomic E-state index is -1.77. The molecule has 0 saturated carbocycles. The van der Waals surface area contributed by atoms with E-state index >= 15 is 0 Å². The van der Waals surface area contributed by atoms with E-state index in [2.05, 4.69) is 16.8 Å². The second-order valence-electron chi connectivity index (χ2n) is 6.46. The highest BCUT2D eigenvalue weighted by Crippen LogP contribution is 2.24. The molecule has 1 aliphatic rings. The van der Waals surface area contributed by atoms with Crippen molar-refractivity contribution in [3.63, 3.8) is 0 Å². The lowest BCUT2D eigenvalue weighted by atomic mass is 9.99. The van der Waals surface area contributed by atoms with Crippen LogP contribution in [0, 0.1) is 23.2 Å². The zero-order chi connectivity index (χ0) is 20.5. The maximum absolute atomic E-state index is 12.1. The van der Waals surface area contributed by atoms with Gasteiger partial charge in [0.1, 0.15) is 6.07 Å². The van der Waals surface area contributed by atoms with Crippen LogP contribution in [-0.4, -0.2) is 46.0 Å². The number of likely N-dealkylation sites (N-methyl/N-ethyl adjacent to an activating group) is 1. The van der Waals surface area contributed by atoms with Gasteiger partial charge < -0.3 is 21.5 Å². The Morgan fingerprint density at radius 2 is 2.07 bits per heavy atom. The van der Waals surface area contributed by atoms with Crippen LogP contribution in [0.25, 0.3) is 11.3 Å². The zero-order valence-electron chi connectivity index (χ0n) is 15.1. The number of amides is 2. The third kappa shape index (κ3) is 3.37. The second-order valence-corrected chi connectivity index (χ2v) is 6.46. The molecule has 0 unspecified atom stereocenters. The number of carbonyl (C=O) groups excluding carboxylic acids is 2. The van der Waals surface area contributed by atoms with Gasteiger partial charge in [-0.25, -0.2) is 4.98 Å². The number of pyridine rings is 1. The van der Waals surface area contributed by atoms with Gasteiger partial charge in [-0.15, -0.1) is 0 Å². The number of nitriles is 1. The SMILES string of the molecule is CN1CC[C@@](O)(C#Cc2cc(-c3ccc(N)c(C(N)=O)n3)ccc2C#N)C1=O. The summed E-state index contributed by atoms with van der Waals surface area (Å²) in [4.78, 5) is 29.1. The van der Waals surface area contributed by atoms with E-state index in [9.17, 15) is 20.0 Å². The highest BCUT2D eigenvalue weighted by molar-refractivity contribution is 5.96. The minimum Gasteiger partial charge on any atom is -0.397 e. The Bertz CT molecular complexity index is 1090. The first-order valence-electron chi connectivity index (χ1n) is 8.37. The van der Waals surface area contributed by atoms with E-state index in [1.54, 1.807) is 31.3 Å². The number of hydrogen-bond donors (Lipinski definition) is 3. The number of aliphatic hydroxyl groups is 1. The molecule has 8 heteroatoms. The van der Waals surface area contributed by atoms with Gasteiger partial charge in [0, 0.05) is 31.1 Å². The molecular formula is C20H17N5O3. The van der Waals surface area contributed by atoms with E-state index in [4.69, 9.17) is 11.5 Å². The van der Waals surface area contributed by atoms with Crippen LogP contribution < -0.4 is 11.5 Å². The van der Waals surface area contributed by atoms with Gasteiger partial charge in [-0.05, 0) is 24.3 Å². The summed E-state index contributed by atoms with van der Waals surface area (Å²) in [6, 6.07) is 9.95. The molecule has 0 spiro atoms. The fourth-order valence-electron chi connectivity index (χ4n) is 2.87. The highest BCUT2D eigenvalue weighted by Gasteiger charge is 2.42. The van der Waals surface area contributed by atoms with E-state index in [1.807, 2.05) is 6.07 Å². The first kappa shape index (κ1) is 18.9. The van der Waals surface area contributed by atoms with Crippen molar-refractivity contribution in [3.8, 4) is 29.2 Å². The molecule has 0 radical (unpaired) electrons. The summed E-state index contributed by atoms with van der Waals surface area (Å²) in [6.07, 6.45) is 0.193. The van der Waals surface area contributed by atoms with Crippen molar-refractivity contribution in [2.24, 2.45) is 5.73 Å². The Labute approximate surface area is 161 Å². The first-order valence-corrected chi connectivity index (χ1v) is 8.37. The number of rotatable bonds is 2. The van der Waals surface area contributed by atoms with Gasteiger partial charge >= 0.3 is 0 Å². The van der Waals surface area contributed by atoms with E-state index in [0.717, 1.165) is 0 Å². The van der Waals surface area contributed by atoms with Crippen LogP contribution in [-0.2, 0) is 4.79 Å². The standard InChI is InChI=1S/C20H17N5O3/c1-25-9-8-20(28,19(25)27)7-6-12-10-13(2-3-14(12)11-21)16-5-4-15(22)17(24-16)18(23)26/h2-5,10,28H,8-9,22H2,1H3,(H2,23,26)/t20-/m0/s1. The number of nitrogens with zero attached hydrogens (tertiary/aromatic N) is 3. The van der Waals surface area contributed by atoms with Crippen molar-refractivity contribution in [1.82, 2.24) is 9.88 Å². The molecule has 2 heterocycles. The third-order valence-corrected chi connectivity index (χ3v) is 4.51. The number of aromatic nitrogens is 1. The van der Waals surface area contributed by atoms with E-state index in [1.165, 1.54) is 11.0 Å². The van der Waals surface area contributed by atoms with Crippen LogP contribution in [0.3, 0.4) is 0 Å². The van der Waals surface area contributed by atoms with Crippen LogP contribution in [0.4, 0.5) is 5.69 Å². The van der Waals surface area contributed by atoms with Gasteiger partial charge in [0.15, 0.2) is 5.69 Å². The summed E-state index contributed by atoms with van der Waals surface area (Å²) in [5.74, 6) is 4.12. The minimum absolute atomic E-state index is 0.0524. The summed E-state index contributed by atoms with van der Waals surface area (Å²) >= 11 is 0. The van der Waals surface area contributed by atoms with E-state index in [0.29, 0.717) is 23.4 Å². The largest absolute Gasteiger partial charge is 0.397 e. The number of primary amides is 1. The third-order valence-electron chi connectivity index (χ3n) is 4.51. The Morgan fingerprint density at radius 1 is 1.32 bits per heavy atom. The van der Waals surface area contributed by atoms with E-state index in [-0.39, 0.29) is 23.4 Å². The molecule has 1 saturated heterocycles. The van der Waals surface area contributed by atoms with Crippen molar-refractivity contribution in [2.75, 3.05) is 19.3 Å². The number of likely N-dealkylation sites (tertiary alicyclic amines) is 1. The molecular weight excluding hydrogens is 358 g/mol. The summed E-state index contributed by atoms with van der Waals surface area (Å²) in [5, 5.41) is 19.8. The van der Waals surface area contributed by atoms with Gasteiger partial charge in [0.2, 0.25) is 5.60 Å². The molecule has 140 valence electrons. The summed E-state index contributed by atoms with van der Waals surface area (Å²) in [6.45, 7) is 0.403. The van der Waals surface area contributed by atoms with Crippen molar-refractivity contribution in [3.05, 3.63) is 47.2 Å². The Hall–Kier alpha value is -3.88. The molecule has 3 rings (SSSR count). The average molecular weight is 375 g/mol. The molecule has 28 heavy (non-hydrogen) atoms. The number of hydrogen-bond acceptors (Lipinski definition) is 6. The number of nitrogen functional groups attached to an aromatic ring is 1. The Kier molecular flexibility index (Phi) is 4.74. The predicted molar refractivity (Wildman–Crippen MR) is 101 cm³/mol. The molecule has 0 bridgehead atoms. The van der Waals surface area contributed by atoms with Crippen molar-refractivity contribution in [1.29, 1.82) is 5.26 Å². The highest BCUT2D eigenvalue weighted by atomic mass is 16.3. The maximum Gasteiger partial charge on any atom is 0.269 e. The molecule has 0 aliphatic carbocycles. The molecule has 1 aromatic carbocycles. The van der Waals surface area contributed by atoms with Crippen LogP contribution in [0.15, 0.2) is 30.3 Å². The zero-order valence-corrected chi connectivity index (χ0v) is 15.1. The first-order chi connectivity index (χ1) is 13.2. The maximum atomic E-state index is 12.1. The molecule has 8 nitrogen and oxygen atoms in total. The monoisotopic (exact) mass is 375 g/mol. The van der Waals surface area contributed by atoms with Gasteiger partial charge in [-0.3, -0.25) is 9.59 Å². The molecule has 1 atom stereocenters.